The second-order valence-electron chi connectivity index (χ2n) is 6.33. The molecule has 0 aliphatic heterocycles. The van der Waals surface area contributed by atoms with Crippen molar-refractivity contribution < 1.29 is 32.4 Å². The van der Waals surface area contributed by atoms with Gasteiger partial charge in [-0.05, 0) is 6.42 Å². The zero-order valence-corrected chi connectivity index (χ0v) is 16.1. The van der Waals surface area contributed by atoms with Crippen LogP contribution in [0.5, 0.6) is 0 Å². The molecular weight excluding hydrogens is 384 g/mol. The van der Waals surface area contributed by atoms with Crippen LogP contribution < -0.4 is 0 Å². The minimum Gasteiger partial charge on any atom is -0.481 e. The van der Waals surface area contributed by atoms with Gasteiger partial charge in [-0.2, -0.15) is 8.42 Å². The van der Waals surface area contributed by atoms with Gasteiger partial charge in [0, 0.05) is 11.1 Å². The molecule has 28 heavy (non-hydrogen) atoms. The average Bonchev–Trinajstić information content (AvgIpc) is 2.66. The highest BCUT2D eigenvalue weighted by atomic mass is 32.2. The molecule has 150 valence electrons. The fourth-order valence-corrected chi connectivity index (χ4v) is 3.74. The van der Waals surface area contributed by atoms with Crippen LogP contribution in [0.1, 0.15) is 37.3 Å². The molecule has 0 saturated heterocycles. The number of benzene rings is 2. The van der Waals surface area contributed by atoms with E-state index in [1.165, 1.54) is 0 Å². The predicted molar refractivity (Wildman–Crippen MR) is 102 cm³/mol. The van der Waals surface area contributed by atoms with Crippen molar-refractivity contribution in [2.75, 3.05) is 0 Å². The van der Waals surface area contributed by atoms with Crippen molar-refractivity contribution in [2.24, 2.45) is 0 Å². The monoisotopic (exact) mass is 406 g/mol. The van der Waals surface area contributed by atoms with E-state index in [0.717, 1.165) is 0 Å². The van der Waals surface area contributed by atoms with E-state index in [-0.39, 0.29) is 0 Å². The number of carbonyl (C=O) groups is 2. The van der Waals surface area contributed by atoms with Crippen LogP contribution in [0.3, 0.4) is 0 Å². The molecule has 2 N–H and O–H groups in total. The number of ether oxygens (including phenoxy) is 1. The van der Waals surface area contributed by atoms with Crippen LogP contribution in [-0.2, 0) is 30.0 Å². The molecule has 1 unspecified atom stereocenters. The van der Waals surface area contributed by atoms with Crippen LogP contribution >= 0.6 is 0 Å². The third kappa shape index (κ3) is 4.96. The Labute approximate surface area is 163 Å². The van der Waals surface area contributed by atoms with E-state index in [1.807, 2.05) is 6.92 Å². The molecule has 2 aromatic carbocycles. The first-order chi connectivity index (χ1) is 13.2. The van der Waals surface area contributed by atoms with Gasteiger partial charge in [0.25, 0.3) is 10.1 Å². The zero-order valence-electron chi connectivity index (χ0n) is 15.3. The molecule has 0 aromatic heterocycles. The van der Waals surface area contributed by atoms with Crippen LogP contribution in [0.15, 0.2) is 60.7 Å². The van der Waals surface area contributed by atoms with Crippen molar-refractivity contribution in [2.45, 2.75) is 37.0 Å². The fraction of sp³-hybridized carbons (Fsp3) is 0.300. The molecule has 0 bridgehead atoms. The topological polar surface area (TPSA) is 118 Å². The number of hydrogen-bond donors (Lipinski definition) is 2. The lowest BCUT2D eigenvalue weighted by atomic mass is 9.82. The first-order valence-electron chi connectivity index (χ1n) is 8.72. The van der Waals surface area contributed by atoms with Crippen LogP contribution in [0.2, 0.25) is 0 Å². The third-order valence-corrected chi connectivity index (χ3v) is 5.42. The molecule has 0 aliphatic carbocycles. The van der Waals surface area contributed by atoms with E-state index in [9.17, 15) is 22.6 Å². The highest BCUT2D eigenvalue weighted by Gasteiger charge is 2.43. The van der Waals surface area contributed by atoms with E-state index >= 15 is 0 Å². The number of aliphatic carboxylic acids is 1. The normalized spacial score (nSPS) is 12.9. The first kappa shape index (κ1) is 21.6. The van der Waals surface area contributed by atoms with Crippen LogP contribution in [0.25, 0.3) is 0 Å². The second kappa shape index (κ2) is 8.99. The average molecular weight is 406 g/mol. The number of esters is 1. The number of carbonyl (C=O) groups excluding carboxylic acids is 1. The lowest BCUT2D eigenvalue weighted by molar-refractivity contribution is -0.159. The molecule has 8 heteroatoms. The molecule has 0 saturated carbocycles. The fourth-order valence-electron chi connectivity index (χ4n) is 3.10. The maximum atomic E-state index is 12.7. The Kier molecular flexibility index (Phi) is 6.93. The summed E-state index contributed by atoms with van der Waals surface area (Å²) in [6.45, 7) is 1.88. The largest absolute Gasteiger partial charge is 0.481 e. The minimum absolute atomic E-state index is 0.331. The molecule has 2 rings (SSSR count). The summed E-state index contributed by atoms with van der Waals surface area (Å²) >= 11 is 0. The van der Waals surface area contributed by atoms with Gasteiger partial charge in [0.05, 0.1) is 6.42 Å². The summed E-state index contributed by atoms with van der Waals surface area (Å²) in [7, 11) is -4.97. The van der Waals surface area contributed by atoms with E-state index < -0.39 is 39.3 Å². The summed E-state index contributed by atoms with van der Waals surface area (Å²) in [6.07, 6.45) is -0.173. The number of hydrogen-bond acceptors (Lipinski definition) is 5. The van der Waals surface area contributed by atoms with Crippen molar-refractivity contribution in [1.82, 2.24) is 0 Å². The Hall–Kier alpha value is -2.71. The predicted octanol–water partition coefficient (Wildman–Crippen LogP) is 3.00. The molecule has 0 spiro atoms. The van der Waals surface area contributed by atoms with E-state index in [1.54, 1.807) is 60.7 Å². The lowest BCUT2D eigenvalue weighted by Gasteiger charge is -2.35. The molecule has 2 aromatic rings. The Balaban J connectivity index is 2.59. The Morgan fingerprint density at radius 3 is 1.82 bits per heavy atom. The van der Waals surface area contributed by atoms with E-state index in [2.05, 4.69) is 0 Å². The van der Waals surface area contributed by atoms with Gasteiger partial charge in [-0.3, -0.25) is 14.1 Å². The summed E-state index contributed by atoms with van der Waals surface area (Å²) in [6, 6.07) is 17.6. The number of rotatable bonds is 9. The maximum Gasteiger partial charge on any atom is 0.328 e. The summed E-state index contributed by atoms with van der Waals surface area (Å²) in [5, 5.41) is 6.73. The Bertz CT molecular complexity index is 869. The molecular formula is C20H22O7S. The van der Waals surface area contributed by atoms with Gasteiger partial charge in [-0.25, -0.2) is 0 Å². The smallest absolute Gasteiger partial charge is 0.328 e. The summed E-state index contributed by atoms with van der Waals surface area (Å²) in [5.74, 6) is -2.86. The number of carboxylic acid groups (broad SMARTS) is 1. The quantitative estimate of drug-likeness (QED) is 0.485. The van der Waals surface area contributed by atoms with Crippen molar-refractivity contribution in [3.05, 3.63) is 71.8 Å². The maximum absolute atomic E-state index is 12.7. The van der Waals surface area contributed by atoms with Gasteiger partial charge < -0.3 is 9.84 Å². The van der Waals surface area contributed by atoms with Crippen molar-refractivity contribution in [1.29, 1.82) is 0 Å². The van der Waals surface area contributed by atoms with Gasteiger partial charge in [-0.1, -0.05) is 74.0 Å². The summed E-state index contributed by atoms with van der Waals surface area (Å²) in [4.78, 5) is 23.7. The standard InChI is InChI=1S/C20H22O7S/c1-2-13-20(15-9-5-3-6-10-15,16-11-7-4-8-12-16)27-19(23)17(14-18(21)22)28(24,25)26/h3-12,17H,2,13-14H2,1H3,(H,21,22)(H,24,25,26). The lowest BCUT2D eigenvalue weighted by Crippen LogP contribution is -2.41. The van der Waals surface area contributed by atoms with E-state index in [0.29, 0.717) is 24.0 Å². The van der Waals surface area contributed by atoms with Crippen LogP contribution in [0, 0.1) is 0 Å². The van der Waals surface area contributed by atoms with Crippen molar-refractivity contribution >= 4 is 22.1 Å². The highest BCUT2D eigenvalue weighted by molar-refractivity contribution is 7.87. The Morgan fingerprint density at radius 1 is 1.00 bits per heavy atom. The molecule has 0 radical (unpaired) electrons. The molecule has 0 aliphatic rings. The molecule has 0 amide bonds. The van der Waals surface area contributed by atoms with E-state index in [4.69, 9.17) is 9.84 Å². The molecule has 0 fully saturated rings. The molecule has 0 heterocycles. The highest BCUT2D eigenvalue weighted by Crippen LogP contribution is 2.39. The van der Waals surface area contributed by atoms with Crippen molar-refractivity contribution in [3.63, 3.8) is 0 Å². The van der Waals surface area contributed by atoms with Gasteiger partial charge >= 0.3 is 11.9 Å². The van der Waals surface area contributed by atoms with Gasteiger partial charge in [0.15, 0.2) is 10.9 Å². The third-order valence-electron chi connectivity index (χ3n) is 4.34. The molecule has 7 nitrogen and oxygen atoms in total. The van der Waals surface area contributed by atoms with Gasteiger partial charge in [-0.15, -0.1) is 0 Å². The van der Waals surface area contributed by atoms with Gasteiger partial charge in [0.1, 0.15) is 0 Å². The first-order valence-corrected chi connectivity index (χ1v) is 10.2. The zero-order chi connectivity index (χ0) is 20.8. The molecule has 1 atom stereocenters. The summed E-state index contributed by atoms with van der Waals surface area (Å²) in [5.41, 5.74) is -0.0999. The van der Waals surface area contributed by atoms with Crippen molar-refractivity contribution in [3.8, 4) is 0 Å². The summed E-state index contributed by atoms with van der Waals surface area (Å²) < 4.78 is 38.3. The number of carboxylic acids is 1. The minimum atomic E-state index is -4.97. The van der Waals surface area contributed by atoms with Crippen LogP contribution in [-0.4, -0.2) is 35.3 Å². The second-order valence-corrected chi connectivity index (χ2v) is 7.93. The van der Waals surface area contributed by atoms with Crippen LogP contribution in [0.4, 0.5) is 0 Å². The Morgan fingerprint density at radius 2 is 1.46 bits per heavy atom. The SMILES string of the molecule is CCCC(OC(=O)C(CC(=O)O)S(=O)(=O)O)(c1ccccc1)c1ccccc1. The van der Waals surface area contributed by atoms with Gasteiger partial charge in [0.2, 0.25) is 0 Å².